The third kappa shape index (κ3) is 5.64. The summed E-state index contributed by atoms with van der Waals surface area (Å²) in [5.74, 6) is 0.654. The summed E-state index contributed by atoms with van der Waals surface area (Å²) in [7, 11) is 1.71. The lowest BCUT2D eigenvalue weighted by molar-refractivity contribution is 0.0326. The summed E-state index contributed by atoms with van der Waals surface area (Å²) in [5.41, 5.74) is -0.140. The maximum Gasteiger partial charge on any atom is 0.317 e. The van der Waals surface area contributed by atoms with E-state index in [1.807, 2.05) is 4.90 Å². The predicted octanol–water partition coefficient (Wildman–Crippen LogP) is 2.78. The summed E-state index contributed by atoms with van der Waals surface area (Å²) < 4.78 is 5.13. The highest BCUT2D eigenvalue weighted by atomic mass is 16.5. The zero-order valence-electron chi connectivity index (χ0n) is 14.7. The molecule has 2 fully saturated rings. The lowest BCUT2D eigenvalue weighted by Gasteiger charge is -2.42. The number of piperidine rings is 1. The second-order valence-electron chi connectivity index (χ2n) is 7.47. The Morgan fingerprint density at radius 3 is 2.78 bits per heavy atom. The Balaban J connectivity index is 1.79. The van der Waals surface area contributed by atoms with Gasteiger partial charge in [0.2, 0.25) is 0 Å². The first-order chi connectivity index (χ1) is 11.2. The van der Waals surface area contributed by atoms with Crippen molar-refractivity contribution in [2.45, 2.75) is 57.8 Å². The molecule has 0 aromatic carbocycles. The van der Waals surface area contributed by atoms with E-state index in [9.17, 15) is 9.90 Å². The highest BCUT2D eigenvalue weighted by Crippen LogP contribution is 2.34. The molecule has 1 aliphatic heterocycles. The molecule has 2 aliphatic rings. The first kappa shape index (κ1) is 18.5. The molecule has 0 spiro atoms. The number of ether oxygens (including phenoxy) is 1. The molecule has 5 heteroatoms. The van der Waals surface area contributed by atoms with Gasteiger partial charge >= 0.3 is 6.03 Å². The van der Waals surface area contributed by atoms with Crippen LogP contribution in [0.3, 0.4) is 0 Å². The Kier molecular flexibility index (Phi) is 7.63. The fraction of sp³-hybridized carbons (Fsp3) is 0.944. The van der Waals surface area contributed by atoms with E-state index in [1.165, 1.54) is 32.1 Å². The van der Waals surface area contributed by atoms with Crippen LogP contribution in [0.25, 0.3) is 0 Å². The van der Waals surface area contributed by atoms with Crippen LogP contribution in [0, 0.1) is 11.3 Å². The zero-order chi connectivity index (χ0) is 16.5. The highest BCUT2D eigenvalue weighted by Gasteiger charge is 2.36. The van der Waals surface area contributed by atoms with Crippen LogP contribution in [0.2, 0.25) is 0 Å². The van der Waals surface area contributed by atoms with Gasteiger partial charge in [0.1, 0.15) is 0 Å². The summed E-state index contributed by atoms with van der Waals surface area (Å²) in [6.45, 7) is 3.16. The molecule has 2 N–H and O–H groups in total. The number of nitrogens with one attached hydrogen (secondary N) is 1. The van der Waals surface area contributed by atoms with E-state index in [-0.39, 0.29) is 18.1 Å². The Hall–Kier alpha value is -0.810. The molecule has 0 bridgehead atoms. The molecule has 1 saturated carbocycles. The lowest BCUT2D eigenvalue weighted by atomic mass is 9.77. The number of nitrogens with zero attached hydrogens (tertiary/aromatic N) is 1. The van der Waals surface area contributed by atoms with Crippen LogP contribution in [0.15, 0.2) is 0 Å². The van der Waals surface area contributed by atoms with Crippen molar-refractivity contribution in [3.8, 4) is 0 Å². The minimum absolute atomic E-state index is 0.0554. The molecule has 0 radical (unpaired) electrons. The van der Waals surface area contributed by atoms with Gasteiger partial charge in [-0.2, -0.15) is 0 Å². The number of aliphatic hydroxyl groups excluding tert-OH is 1. The molecule has 1 unspecified atom stereocenters. The Labute approximate surface area is 140 Å². The van der Waals surface area contributed by atoms with Crippen molar-refractivity contribution in [1.29, 1.82) is 0 Å². The standard InChI is InChI=1S/C18H34N2O3/c1-23-12-6-10-18(15-21)9-5-11-20(14-18)17(22)19-13-16-7-3-2-4-8-16/h16,21H,2-15H2,1H3,(H,19,22). The van der Waals surface area contributed by atoms with E-state index in [2.05, 4.69) is 5.32 Å². The predicted molar refractivity (Wildman–Crippen MR) is 91.4 cm³/mol. The van der Waals surface area contributed by atoms with E-state index in [0.29, 0.717) is 12.5 Å². The van der Waals surface area contributed by atoms with Crippen LogP contribution in [0.5, 0.6) is 0 Å². The molecule has 2 amide bonds. The maximum absolute atomic E-state index is 12.5. The minimum atomic E-state index is -0.140. The molecule has 0 aromatic rings. The zero-order valence-corrected chi connectivity index (χ0v) is 14.7. The van der Waals surface area contributed by atoms with Gasteiger partial charge in [-0.1, -0.05) is 19.3 Å². The monoisotopic (exact) mass is 326 g/mol. The van der Waals surface area contributed by atoms with Gasteiger partial charge in [-0.25, -0.2) is 4.79 Å². The van der Waals surface area contributed by atoms with Crippen molar-refractivity contribution in [3.63, 3.8) is 0 Å². The molecule has 1 saturated heterocycles. The van der Waals surface area contributed by atoms with Crippen LogP contribution < -0.4 is 5.32 Å². The summed E-state index contributed by atoms with van der Waals surface area (Å²) >= 11 is 0. The van der Waals surface area contributed by atoms with Crippen molar-refractivity contribution in [2.75, 3.05) is 40.0 Å². The number of hydrogen-bond acceptors (Lipinski definition) is 3. The SMILES string of the molecule is COCCCC1(CO)CCCN(C(=O)NCC2CCCCC2)C1. The van der Waals surface area contributed by atoms with Gasteiger partial charge in [-0.3, -0.25) is 0 Å². The molecular weight excluding hydrogens is 292 g/mol. The van der Waals surface area contributed by atoms with Gasteiger partial charge in [0.15, 0.2) is 0 Å². The highest BCUT2D eigenvalue weighted by molar-refractivity contribution is 5.74. The van der Waals surface area contributed by atoms with Crippen molar-refractivity contribution >= 4 is 6.03 Å². The number of aliphatic hydroxyl groups is 1. The van der Waals surface area contributed by atoms with Crippen LogP contribution in [0.1, 0.15) is 57.8 Å². The van der Waals surface area contributed by atoms with Gasteiger partial charge in [0, 0.05) is 38.8 Å². The van der Waals surface area contributed by atoms with E-state index >= 15 is 0 Å². The number of hydrogen-bond donors (Lipinski definition) is 2. The lowest BCUT2D eigenvalue weighted by Crippen LogP contribution is -2.51. The summed E-state index contributed by atoms with van der Waals surface area (Å²) in [6.07, 6.45) is 10.3. The number of methoxy groups -OCH3 is 1. The van der Waals surface area contributed by atoms with Crippen molar-refractivity contribution in [3.05, 3.63) is 0 Å². The van der Waals surface area contributed by atoms with Gasteiger partial charge in [0.05, 0.1) is 6.61 Å². The van der Waals surface area contributed by atoms with Gasteiger partial charge < -0.3 is 20.1 Å². The quantitative estimate of drug-likeness (QED) is 0.707. The third-order valence-corrected chi connectivity index (χ3v) is 5.61. The first-order valence-electron chi connectivity index (χ1n) is 9.32. The Morgan fingerprint density at radius 2 is 2.09 bits per heavy atom. The third-order valence-electron chi connectivity index (χ3n) is 5.61. The van der Waals surface area contributed by atoms with Crippen LogP contribution >= 0.6 is 0 Å². The Bertz CT molecular complexity index is 358. The fourth-order valence-corrected chi connectivity index (χ4v) is 4.12. The largest absolute Gasteiger partial charge is 0.396 e. The average Bonchev–Trinajstić information content (AvgIpc) is 2.61. The van der Waals surface area contributed by atoms with Gasteiger partial charge in [0.25, 0.3) is 0 Å². The second kappa shape index (κ2) is 9.48. The molecule has 1 atom stereocenters. The van der Waals surface area contributed by atoms with Crippen molar-refractivity contribution in [1.82, 2.24) is 10.2 Å². The van der Waals surface area contributed by atoms with E-state index in [4.69, 9.17) is 4.74 Å². The fourth-order valence-electron chi connectivity index (χ4n) is 4.12. The number of likely N-dealkylation sites (tertiary alicyclic amines) is 1. The molecule has 0 aromatic heterocycles. The van der Waals surface area contributed by atoms with Gasteiger partial charge in [-0.15, -0.1) is 0 Å². The number of rotatable bonds is 7. The van der Waals surface area contributed by atoms with Crippen LogP contribution in [-0.4, -0.2) is 56.0 Å². The maximum atomic E-state index is 12.5. The Morgan fingerprint density at radius 1 is 1.30 bits per heavy atom. The van der Waals surface area contributed by atoms with E-state index in [1.54, 1.807) is 7.11 Å². The molecule has 1 aliphatic carbocycles. The second-order valence-corrected chi connectivity index (χ2v) is 7.47. The van der Waals surface area contributed by atoms with E-state index in [0.717, 1.165) is 45.4 Å². The summed E-state index contributed by atoms with van der Waals surface area (Å²) in [4.78, 5) is 14.4. The number of amides is 2. The van der Waals surface area contributed by atoms with Crippen molar-refractivity contribution in [2.24, 2.45) is 11.3 Å². The molecule has 23 heavy (non-hydrogen) atoms. The normalized spacial score (nSPS) is 26.3. The van der Waals surface area contributed by atoms with Crippen LogP contribution in [-0.2, 0) is 4.74 Å². The number of carbonyl (C=O) groups excluding carboxylic acids is 1. The van der Waals surface area contributed by atoms with Gasteiger partial charge in [-0.05, 0) is 44.4 Å². The minimum Gasteiger partial charge on any atom is -0.396 e. The topological polar surface area (TPSA) is 61.8 Å². The number of carbonyl (C=O) groups is 1. The average molecular weight is 326 g/mol. The molecular formula is C18H34N2O3. The molecule has 1 heterocycles. The van der Waals surface area contributed by atoms with Crippen LogP contribution in [0.4, 0.5) is 4.79 Å². The first-order valence-corrected chi connectivity index (χ1v) is 9.32. The smallest absolute Gasteiger partial charge is 0.317 e. The molecule has 134 valence electrons. The summed E-state index contributed by atoms with van der Waals surface area (Å²) in [5, 5.41) is 13.0. The van der Waals surface area contributed by atoms with Crippen molar-refractivity contribution < 1.29 is 14.6 Å². The van der Waals surface area contributed by atoms with E-state index < -0.39 is 0 Å². The molecule has 5 nitrogen and oxygen atoms in total. The molecule has 2 rings (SSSR count). The number of urea groups is 1. The summed E-state index contributed by atoms with van der Waals surface area (Å²) in [6, 6.07) is 0.0554.